The molecule has 0 atom stereocenters. The minimum Gasteiger partial charge on any atom is -0.352 e. The van der Waals surface area contributed by atoms with Crippen LogP contribution in [0.1, 0.15) is 35.2 Å². The average Bonchev–Trinajstić information content (AvgIpc) is 2.34. The summed E-state index contributed by atoms with van der Waals surface area (Å²) in [5.41, 5.74) is -0.318. The maximum absolute atomic E-state index is 13.6. The Bertz CT molecular complexity index is 481. The van der Waals surface area contributed by atoms with E-state index in [9.17, 15) is 13.6 Å². The molecule has 0 spiro atoms. The molecule has 0 fully saturated rings. The van der Waals surface area contributed by atoms with E-state index in [1.54, 1.807) is 0 Å². The van der Waals surface area contributed by atoms with Crippen LogP contribution in [0.4, 0.5) is 8.78 Å². The highest BCUT2D eigenvalue weighted by molar-refractivity contribution is 5.94. The van der Waals surface area contributed by atoms with Gasteiger partial charge in [0, 0.05) is 13.0 Å². The number of halogens is 2. The lowest BCUT2D eigenvalue weighted by molar-refractivity contribution is 0.0944. The van der Waals surface area contributed by atoms with Gasteiger partial charge >= 0.3 is 0 Å². The van der Waals surface area contributed by atoms with Crippen LogP contribution in [0.25, 0.3) is 0 Å². The molecule has 1 N–H and O–H groups in total. The van der Waals surface area contributed by atoms with Crippen molar-refractivity contribution in [2.45, 2.75) is 26.2 Å². The third-order valence-corrected chi connectivity index (χ3v) is 2.51. The number of carbonyl (C=O) groups excluding carboxylic acids is 1. The predicted octanol–water partition coefficient (Wildman–Crippen LogP) is 2.70. The number of benzene rings is 1. The molecule has 1 aromatic carbocycles. The molecule has 0 bridgehead atoms. The van der Waals surface area contributed by atoms with E-state index in [4.69, 9.17) is 5.26 Å². The molecule has 0 saturated heterocycles. The lowest BCUT2D eigenvalue weighted by Crippen LogP contribution is -2.26. The summed E-state index contributed by atoms with van der Waals surface area (Å²) < 4.78 is 27.0. The van der Waals surface area contributed by atoms with Gasteiger partial charge in [0.15, 0.2) is 0 Å². The Balaban J connectivity index is 2.62. The number of hydrogen-bond donors (Lipinski definition) is 1. The van der Waals surface area contributed by atoms with E-state index in [1.165, 1.54) is 13.0 Å². The van der Waals surface area contributed by atoms with E-state index in [-0.39, 0.29) is 5.56 Å². The van der Waals surface area contributed by atoms with Gasteiger partial charge in [0.05, 0.1) is 6.07 Å². The summed E-state index contributed by atoms with van der Waals surface area (Å²) in [6.07, 6.45) is 1.66. The smallest absolute Gasteiger partial charge is 0.257 e. The molecule has 0 aromatic heterocycles. The topological polar surface area (TPSA) is 52.9 Å². The third kappa shape index (κ3) is 3.52. The van der Waals surface area contributed by atoms with Crippen molar-refractivity contribution >= 4 is 5.91 Å². The molecule has 18 heavy (non-hydrogen) atoms. The van der Waals surface area contributed by atoms with Crippen molar-refractivity contribution in [1.29, 1.82) is 5.26 Å². The van der Waals surface area contributed by atoms with E-state index in [0.29, 0.717) is 25.8 Å². The lowest BCUT2D eigenvalue weighted by Gasteiger charge is -2.08. The first kappa shape index (κ1) is 14.1. The first-order chi connectivity index (χ1) is 8.57. The van der Waals surface area contributed by atoms with Crippen LogP contribution in [0.15, 0.2) is 12.1 Å². The summed E-state index contributed by atoms with van der Waals surface area (Å²) in [5.74, 6) is -2.46. The Kier molecular flexibility index (Phi) is 5.25. The fourth-order valence-electron chi connectivity index (χ4n) is 1.48. The number of nitriles is 1. The van der Waals surface area contributed by atoms with Crippen molar-refractivity contribution < 1.29 is 13.6 Å². The standard InChI is InChI=1S/C13H14F2N2O/c1-9-5-6-10(14)11(12(9)15)13(18)17-8-4-2-3-7-16/h5-6H,2-4,8H2,1H3,(H,17,18). The van der Waals surface area contributed by atoms with Crippen LogP contribution in [-0.4, -0.2) is 12.5 Å². The van der Waals surface area contributed by atoms with Gasteiger partial charge in [-0.25, -0.2) is 8.78 Å². The zero-order valence-corrected chi connectivity index (χ0v) is 10.1. The molecular formula is C13H14F2N2O. The van der Waals surface area contributed by atoms with Crippen LogP contribution >= 0.6 is 0 Å². The molecule has 1 amide bonds. The number of carbonyl (C=O) groups is 1. The highest BCUT2D eigenvalue weighted by atomic mass is 19.1. The molecule has 5 heteroatoms. The van der Waals surface area contributed by atoms with Gasteiger partial charge in [0.25, 0.3) is 5.91 Å². The summed E-state index contributed by atoms with van der Waals surface area (Å²) in [5, 5.41) is 10.8. The molecule has 0 unspecified atom stereocenters. The number of amides is 1. The quantitative estimate of drug-likeness (QED) is 0.819. The largest absolute Gasteiger partial charge is 0.352 e. The summed E-state index contributed by atoms with van der Waals surface area (Å²) in [6.45, 7) is 1.77. The fraction of sp³-hybridized carbons (Fsp3) is 0.385. The van der Waals surface area contributed by atoms with Crippen molar-refractivity contribution in [2.24, 2.45) is 0 Å². The van der Waals surface area contributed by atoms with Gasteiger partial charge in [0.2, 0.25) is 0 Å². The molecule has 0 saturated carbocycles. The second kappa shape index (κ2) is 6.70. The third-order valence-electron chi connectivity index (χ3n) is 2.51. The highest BCUT2D eigenvalue weighted by Crippen LogP contribution is 2.16. The van der Waals surface area contributed by atoms with E-state index in [0.717, 1.165) is 6.07 Å². The minimum absolute atomic E-state index is 0.228. The van der Waals surface area contributed by atoms with Crippen LogP contribution in [0.5, 0.6) is 0 Å². The molecule has 1 aromatic rings. The maximum atomic E-state index is 13.6. The number of nitrogens with zero attached hydrogens (tertiary/aromatic N) is 1. The molecular weight excluding hydrogens is 238 g/mol. The SMILES string of the molecule is Cc1ccc(F)c(C(=O)NCCCCC#N)c1F. The summed E-state index contributed by atoms with van der Waals surface area (Å²) in [6, 6.07) is 4.34. The molecule has 3 nitrogen and oxygen atoms in total. The molecule has 0 heterocycles. The number of aryl methyl sites for hydroxylation is 1. The number of rotatable bonds is 5. The van der Waals surface area contributed by atoms with Crippen LogP contribution < -0.4 is 5.32 Å². The second-order valence-electron chi connectivity index (χ2n) is 3.92. The average molecular weight is 252 g/mol. The first-order valence-corrected chi connectivity index (χ1v) is 5.67. The number of hydrogen-bond acceptors (Lipinski definition) is 2. The van der Waals surface area contributed by atoms with Crippen LogP contribution in [-0.2, 0) is 0 Å². The zero-order valence-electron chi connectivity index (χ0n) is 10.1. The van der Waals surface area contributed by atoms with Gasteiger partial charge < -0.3 is 5.32 Å². The summed E-state index contributed by atoms with van der Waals surface area (Å²) >= 11 is 0. The molecule has 0 radical (unpaired) electrons. The van der Waals surface area contributed by atoms with Gasteiger partial charge in [-0.1, -0.05) is 6.07 Å². The highest BCUT2D eigenvalue weighted by Gasteiger charge is 2.18. The van der Waals surface area contributed by atoms with Crippen LogP contribution in [0.3, 0.4) is 0 Å². The van der Waals surface area contributed by atoms with Crippen LogP contribution in [0.2, 0.25) is 0 Å². The van der Waals surface area contributed by atoms with Crippen molar-refractivity contribution in [1.82, 2.24) is 5.32 Å². The van der Waals surface area contributed by atoms with Gasteiger partial charge in [-0.2, -0.15) is 5.26 Å². The fourth-order valence-corrected chi connectivity index (χ4v) is 1.48. The van der Waals surface area contributed by atoms with Crippen molar-refractivity contribution in [3.8, 4) is 6.07 Å². The van der Waals surface area contributed by atoms with Gasteiger partial charge in [-0.15, -0.1) is 0 Å². The Morgan fingerprint density at radius 3 is 2.78 bits per heavy atom. The van der Waals surface area contributed by atoms with E-state index >= 15 is 0 Å². The number of nitrogens with one attached hydrogen (secondary N) is 1. The zero-order chi connectivity index (χ0) is 13.5. The Morgan fingerprint density at radius 1 is 1.39 bits per heavy atom. The van der Waals surface area contributed by atoms with Gasteiger partial charge in [-0.3, -0.25) is 4.79 Å². The first-order valence-electron chi connectivity index (χ1n) is 5.67. The second-order valence-corrected chi connectivity index (χ2v) is 3.92. The Hall–Kier alpha value is -1.96. The summed E-state index contributed by atoms with van der Waals surface area (Å²) in [7, 11) is 0. The van der Waals surface area contributed by atoms with Crippen molar-refractivity contribution in [2.75, 3.05) is 6.54 Å². The Morgan fingerprint density at radius 2 is 2.11 bits per heavy atom. The van der Waals surface area contributed by atoms with Crippen LogP contribution in [0, 0.1) is 29.9 Å². The maximum Gasteiger partial charge on any atom is 0.257 e. The van der Waals surface area contributed by atoms with E-state index < -0.39 is 23.1 Å². The molecule has 1 rings (SSSR count). The monoisotopic (exact) mass is 252 g/mol. The van der Waals surface area contributed by atoms with Crippen molar-refractivity contribution in [3.63, 3.8) is 0 Å². The Labute approximate surface area is 104 Å². The summed E-state index contributed by atoms with van der Waals surface area (Å²) in [4.78, 5) is 11.6. The molecule has 0 aliphatic heterocycles. The normalized spacial score (nSPS) is 9.89. The predicted molar refractivity (Wildman–Crippen MR) is 62.9 cm³/mol. The molecule has 96 valence electrons. The molecule has 0 aliphatic carbocycles. The van der Waals surface area contributed by atoms with E-state index in [2.05, 4.69) is 5.32 Å². The lowest BCUT2D eigenvalue weighted by atomic mass is 10.1. The van der Waals surface area contributed by atoms with Crippen molar-refractivity contribution in [3.05, 3.63) is 34.9 Å². The van der Waals surface area contributed by atoms with Gasteiger partial charge in [-0.05, 0) is 31.4 Å². The van der Waals surface area contributed by atoms with Gasteiger partial charge in [0.1, 0.15) is 17.2 Å². The minimum atomic E-state index is -0.868. The number of unbranched alkanes of at least 4 members (excludes halogenated alkanes) is 2. The van der Waals surface area contributed by atoms with E-state index in [1.807, 2.05) is 6.07 Å². The molecule has 0 aliphatic rings.